The number of para-hydroxylation sites is 2. The molecule has 0 amide bonds. The number of benzene rings is 7. The molecule has 2 nitrogen and oxygen atoms in total. The summed E-state index contributed by atoms with van der Waals surface area (Å²) >= 11 is 1.86. The summed E-state index contributed by atoms with van der Waals surface area (Å²) in [6, 6.07) is 56.4. The zero-order valence-electron chi connectivity index (χ0n) is 31.9. The summed E-state index contributed by atoms with van der Waals surface area (Å²) < 4.78 is 9.26. The molecule has 0 saturated carbocycles. The Hall–Kier alpha value is -6.68. The van der Waals surface area contributed by atoms with Crippen LogP contribution in [-0.4, -0.2) is 0 Å². The van der Waals surface area contributed by atoms with Gasteiger partial charge in [0, 0.05) is 37.5 Å². The average Bonchev–Trinajstić information content (AvgIpc) is 3.96. The molecule has 2 unspecified atom stereocenters. The first-order valence-electron chi connectivity index (χ1n) is 20.4. The SMILES string of the molecule is C1=CCC(C2(c3ccccc3)c3ccccc3-c3ccc(N(c4ccccc4C4=CCCC=C4)c4cc5c6ccccc6oc5c5c4sc4ccccc45)cc32)C=C1. The Bertz CT molecular complexity index is 3230. The summed E-state index contributed by atoms with van der Waals surface area (Å²) in [5.74, 6) is 0.235. The van der Waals surface area contributed by atoms with Crippen molar-refractivity contribution in [3.8, 4) is 11.1 Å². The van der Waals surface area contributed by atoms with Crippen LogP contribution in [0.3, 0.4) is 0 Å². The van der Waals surface area contributed by atoms with Crippen LogP contribution in [0.4, 0.5) is 17.1 Å². The van der Waals surface area contributed by atoms with Crippen molar-refractivity contribution in [2.75, 3.05) is 4.90 Å². The maximum Gasteiger partial charge on any atom is 0.144 e. The predicted octanol–water partition coefficient (Wildman–Crippen LogP) is 15.6. The van der Waals surface area contributed by atoms with Crippen molar-refractivity contribution >= 4 is 76.1 Å². The van der Waals surface area contributed by atoms with Gasteiger partial charge >= 0.3 is 0 Å². The number of nitrogens with zero attached hydrogens (tertiary/aromatic N) is 1. The second-order valence-corrected chi connectivity index (χ2v) is 16.8. The highest BCUT2D eigenvalue weighted by molar-refractivity contribution is 7.26. The first-order valence-corrected chi connectivity index (χ1v) is 21.3. The minimum Gasteiger partial charge on any atom is -0.455 e. The third-order valence-electron chi connectivity index (χ3n) is 12.8. The molecule has 0 N–H and O–H groups in total. The standard InChI is InChI=1S/C55H39NOS/c1-4-18-36(19-5-1)40-24-11-15-29-48(40)56(49-35-45-43-26-12-16-30-50(43)57-53(45)52-44-27-13-17-31-51(44)58-54(49)52)39-32-33-42-41-25-10-14-28-46(41)55(47(42)34-39,37-20-6-2-7-21-37)38-22-8-3-9-23-38/h2-4,6-22,24-35,38H,1,5,23H2. The van der Waals surface area contributed by atoms with Gasteiger partial charge in [-0.25, -0.2) is 0 Å². The van der Waals surface area contributed by atoms with Gasteiger partial charge < -0.3 is 9.32 Å². The number of hydrogen-bond donors (Lipinski definition) is 0. The van der Waals surface area contributed by atoms with Gasteiger partial charge in [-0.05, 0) is 95.0 Å². The summed E-state index contributed by atoms with van der Waals surface area (Å²) in [5.41, 5.74) is 14.1. The van der Waals surface area contributed by atoms with Crippen LogP contribution in [-0.2, 0) is 5.41 Å². The molecule has 3 aliphatic rings. The van der Waals surface area contributed by atoms with Gasteiger partial charge in [0.25, 0.3) is 0 Å². The Kier molecular flexibility index (Phi) is 7.61. The molecule has 0 aliphatic heterocycles. The van der Waals surface area contributed by atoms with Gasteiger partial charge in [0.15, 0.2) is 0 Å². The van der Waals surface area contributed by atoms with Crippen LogP contribution in [0.25, 0.3) is 58.8 Å². The molecule has 0 bridgehead atoms. The van der Waals surface area contributed by atoms with Crippen molar-refractivity contribution in [1.82, 2.24) is 0 Å². The van der Waals surface area contributed by atoms with Crippen LogP contribution in [0.1, 0.15) is 41.5 Å². The third-order valence-corrected chi connectivity index (χ3v) is 13.9. The lowest BCUT2D eigenvalue weighted by Gasteiger charge is -2.40. The van der Waals surface area contributed by atoms with E-state index in [0.717, 1.165) is 58.3 Å². The Balaban J connectivity index is 1.21. The van der Waals surface area contributed by atoms with Crippen molar-refractivity contribution in [1.29, 1.82) is 0 Å². The van der Waals surface area contributed by atoms with Crippen molar-refractivity contribution in [2.45, 2.75) is 24.7 Å². The Morgan fingerprint density at radius 3 is 2.24 bits per heavy atom. The van der Waals surface area contributed by atoms with E-state index in [1.165, 1.54) is 59.1 Å². The summed E-state index contributed by atoms with van der Waals surface area (Å²) in [5, 5.41) is 4.66. The molecule has 58 heavy (non-hydrogen) atoms. The molecule has 276 valence electrons. The van der Waals surface area contributed by atoms with E-state index >= 15 is 0 Å². The molecular weight excluding hydrogens is 723 g/mol. The molecule has 9 aromatic rings. The Morgan fingerprint density at radius 2 is 1.38 bits per heavy atom. The zero-order chi connectivity index (χ0) is 38.2. The van der Waals surface area contributed by atoms with Crippen molar-refractivity contribution < 1.29 is 4.42 Å². The van der Waals surface area contributed by atoms with Crippen molar-refractivity contribution in [3.63, 3.8) is 0 Å². The summed E-state index contributed by atoms with van der Waals surface area (Å²) in [6.07, 6.45) is 19.3. The zero-order valence-corrected chi connectivity index (χ0v) is 32.8. The second-order valence-electron chi connectivity index (χ2n) is 15.8. The molecule has 2 aromatic heterocycles. The Labute approximate surface area is 342 Å². The van der Waals surface area contributed by atoms with Gasteiger partial charge in [-0.2, -0.15) is 0 Å². The summed E-state index contributed by atoms with van der Waals surface area (Å²) in [4.78, 5) is 2.56. The van der Waals surface area contributed by atoms with Crippen LogP contribution in [0, 0.1) is 5.92 Å². The number of allylic oxidation sites excluding steroid dienone is 8. The average molecular weight is 762 g/mol. The van der Waals surface area contributed by atoms with E-state index in [9.17, 15) is 0 Å². The number of rotatable bonds is 6. The number of anilines is 3. The van der Waals surface area contributed by atoms with Crippen LogP contribution < -0.4 is 4.90 Å². The van der Waals surface area contributed by atoms with Crippen molar-refractivity contribution in [2.24, 2.45) is 5.92 Å². The van der Waals surface area contributed by atoms with Gasteiger partial charge in [-0.1, -0.05) is 158 Å². The molecule has 0 saturated heterocycles. The smallest absolute Gasteiger partial charge is 0.144 e. The van der Waals surface area contributed by atoms with E-state index < -0.39 is 0 Å². The summed E-state index contributed by atoms with van der Waals surface area (Å²) in [7, 11) is 0. The number of hydrogen-bond acceptors (Lipinski definition) is 3. The van der Waals surface area contributed by atoms with E-state index in [1.54, 1.807) is 0 Å². The van der Waals surface area contributed by atoms with E-state index in [0.29, 0.717) is 0 Å². The normalized spacial score (nSPS) is 18.3. The van der Waals surface area contributed by atoms with Gasteiger partial charge in [0.1, 0.15) is 11.2 Å². The molecule has 7 aromatic carbocycles. The minimum atomic E-state index is -0.387. The highest BCUT2D eigenvalue weighted by Gasteiger charge is 2.49. The molecule has 3 aliphatic carbocycles. The maximum atomic E-state index is 6.79. The quantitative estimate of drug-likeness (QED) is 0.168. The number of furan rings is 1. The van der Waals surface area contributed by atoms with Crippen LogP contribution in [0.5, 0.6) is 0 Å². The third kappa shape index (κ3) is 4.84. The minimum absolute atomic E-state index is 0.235. The van der Waals surface area contributed by atoms with Gasteiger partial charge in [0.05, 0.1) is 21.5 Å². The maximum absolute atomic E-state index is 6.79. The summed E-state index contributed by atoms with van der Waals surface area (Å²) in [6.45, 7) is 0. The fourth-order valence-electron chi connectivity index (χ4n) is 10.3. The Morgan fingerprint density at radius 1 is 0.603 bits per heavy atom. The molecular formula is C55H39NOS. The molecule has 0 radical (unpaired) electrons. The molecule has 12 rings (SSSR count). The van der Waals surface area contributed by atoms with Gasteiger partial charge in [-0.3, -0.25) is 0 Å². The molecule has 0 fully saturated rings. The second kappa shape index (κ2) is 13.2. The van der Waals surface area contributed by atoms with Crippen LogP contribution in [0.2, 0.25) is 0 Å². The lowest BCUT2D eigenvalue weighted by molar-refractivity contribution is 0.457. The van der Waals surface area contributed by atoms with Crippen LogP contribution in [0.15, 0.2) is 199 Å². The lowest BCUT2D eigenvalue weighted by Crippen LogP contribution is -2.35. The highest BCUT2D eigenvalue weighted by Crippen LogP contribution is 2.59. The largest absolute Gasteiger partial charge is 0.455 e. The molecule has 3 heteroatoms. The fourth-order valence-corrected chi connectivity index (χ4v) is 11.5. The van der Waals surface area contributed by atoms with E-state index in [2.05, 4.69) is 199 Å². The lowest BCUT2D eigenvalue weighted by atomic mass is 9.62. The molecule has 0 spiro atoms. The van der Waals surface area contributed by atoms with Gasteiger partial charge in [-0.15, -0.1) is 11.3 Å². The molecule has 2 heterocycles. The first kappa shape index (κ1) is 33.5. The molecule has 2 atom stereocenters. The number of thiophene rings is 1. The topological polar surface area (TPSA) is 16.4 Å². The monoisotopic (exact) mass is 761 g/mol. The number of fused-ring (bicyclic) bond motifs is 10. The van der Waals surface area contributed by atoms with Crippen LogP contribution >= 0.6 is 11.3 Å². The van der Waals surface area contributed by atoms with E-state index in [1.807, 2.05) is 11.3 Å². The van der Waals surface area contributed by atoms with E-state index in [4.69, 9.17) is 4.42 Å². The van der Waals surface area contributed by atoms with E-state index in [-0.39, 0.29) is 11.3 Å². The predicted molar refractivity (Wildman–Crippen MR) is 246 cm³/mol. The first-order chi connectivity index (χ1) is 28.8. The van der Waals surface area contributed by atoms with Gasteiger partial charge in [0.2, 0.25) is 0 Å². The van der Waals surface area contributed by atoms with Crippen molar-refractivity contribution in [3.05, 3.63) is 216 Å². The fraction of sp³-hybridized carbons (Fsp3) is 0.0909. The highest BCUT2D eigenvalue weighted by atomic mass is 32.1.